The van der Waals surface area contributed by atoms with Gasteiger partial charge in [0.05, 0.1) is 0 Å². The van der Waals surface area contributed by atoms with E-state index < -0.39 is 18.2 Å². The Hall–Kier alpha value is -1.84. The van der Waals surface area contributed by atoms with Crippen molar-refractivity contribution >= 4 is 11.9 Å². The predicted molar refractivity (Wildman–Crippen MR) is 57.5 cm³/mol. The van der Waals surface area contributed by atoms with Crippen LogP contribution in [0, 0.1) is 6.92 Å². The van der Waals surface area contributed by atoms with Crippen molar-refractivity contribution in [2.24, 2.45) is 0 Å². The zero-order chi connectivity index (χ0) is 12.1. The van der Waals surface area contributed by atoms with Crippen LogP contribution in [-0.4, -0.2) is 11.9 Å². The van der Waals surface area contributed by atoms with Gasteiger partial charge in [-0.05, 0) is 12.5 Å². The van der Waals surface area contributed by atoms with Gasteiger partial charge in [-0.1, -0.05) is 24.3 Å². The molecule has 0 N–H and O–H groups in total. The van der Waals surface area contributed by atoms with Crippen molar-refractivity contribution in [2.75, 3.05) is 0 Å². The van der Waals surface area contributed by atoms with Crippen LogP contribution < -0.4 is 0 Å². The number of esters is 2. The van der Waals surface area contributed by atoms with E-state index in [1.165, 1.54) is 13.8 Å². The molecule has 0 spiro atoms. The first-order valence-electron chi connectivity index (χ1n) is 4.90. The lowest BCUT2D eigenvalue weighted by atomic mass is 10.1. The highest BCUT2D eigenvalue weighted by Crippen LogP contribution is 2.22. The zero-order valence-corrected chi connectivity index (χ0v) is 9.52. The first-order valence-corrected chi connectivity index (χ1v) is 4.90. The summed E-state index contributed by atoms with van der Waals surface area (Å²) >= 11 is 0. The highest BCUT2D eigenvalue weighted by Gasteiger charge is 2.19. The smallest absolute Gasteiger partial charge is 0.305 e. The largest absolute Gasteiger partial charge is 0.421 e. The molecule has 4 heteroatoms. The molecule has 0 aliphatic heterocycles. The van der Waals surface area contributed by atoms with Crippen LogP contribution in [0.3, 0.4) is 0 Å². The maximum absolute atomic E-state index is 10.9. The summed E-state index contributed by atoms with van der Waals surface area (Å²) in [6.07, 6.45) is -0.962. The van der Waals surface area contributed by atoms with Crippen LogP contribution in [0.2, 0.25) is 0 Å². The Kier molecular flexibility index (Phi) is 4.05. The Morgan fingerprint density at radius 2 is 1.56 bits per heavy atom. The van der Waals surface area contributed by atoms with Crippen molar-refractivity contribution in [2.45, 2.75) is 27.1 Å². The van der Waals surface area contributed by atoms with Crippen LogP contribution in [-0.2, 0) is 19.1 Å². The number of carbonyl (C=O) groups is 2. The molecule has 1 aromatic rings. The Morgan fingerprint density at radius 1 is 1.06 bits per heavy atom. The van der Waals surface area contributed by atoms with E-state index in [0.29, 0.717) is 5.56 Å². The summed E-state index contributed by atoms with van der Waals surface area (Å²) in [5.41, 5.74) is 1.57. The first-order chi connectivity index (χ1) is 7.50. The zero-order valence-electron chi connectivity index (χ0n) is 9.52. The summed E-state index contributed by atoms with van der Waals surface area (Å²) in [6, 6.07) is 7.26. The maximum atomic E-state index is 10.9. The second-order valence-electron chi connectivity index (χ2n) is 3.41. The van der Waals surface area contributed by atoms with E-state index >= 15 is 0 Å². The average Bonchev–Trinajstić information content (AvgIpc) is 2.15. The van der Waals surface area contributed by atoms with Crippen molar-refractivity contribution in [3.8, 4) is 0 Å². The van der Waals surface area contributed by atoms with Crippen molar-refractivity contribution < 1.29 is 19.1 Å². The Labute approximate surface area is 94.2 Å². The summed E-state index contributed by atoms with van der Waals surface area (Å²) in [5, 5.41) is 0. The average molecular weight is 222 g/mol. The number of hydrogen-bond acceptors (Lipinski definition) is 4. The molecule has 0 aliphatic rings. The summed E-state index contributed by atoms with van der Waals surface area (Å²) in [5.74, 6) is -0.982. The maximum Gasteiger partial charge on any atom is 0.305 e. The first kappa shape index (κ1) is 12.2. The van der Waals surface area contributed by atoms with Gasteiger partial charge in [-0.3, -0.25) is 9.59 Å². The fourth-order valence-electron chi connectivity index (χ4n) is 1.30. The van der Waals surface area contributed by atoms with E-state index in [1.54, 1.807) is 12.1 Å². The van der Waals surface area contributed by atoms with Crippen LogP contribution in [0.4, 0.5) is 0 Å². The van der Waals surface area contributed by atoms with E-state index in [2.05, 4.69) is 0 Å². The molecular weight excluding hydrogens is 208 g/mol. The van der Waals surface area contributed by atoms with Gasteiger partial charge in [-0.15, -0.1) is 0 Å². The van der Waals surface area contributed by atoms with Gasteiger partial charge in [0.25, 0.3) is 6.29 Å². The van der Waals surface area contributed by atoms with Crippen LogP contribution in [0.25, 0.3) is 0 Å². The number of aryl methyl sites for hydroxylation is 1. The highest BCUT2D eigenvalue weighted by molar-refractivity contribution is 5.68. The standard InChI is InChI=1S/C12H14O4/c1-8-6-4-5-7-11(8)12(15-9(2)13)16-10(3)14/h4-7,12H,1-3H3. The number of carbonyl (C=O) groups excluding carboxylic acids is 2. The van der Waals surface area contributed by atoms with E-state index in [1.807, 2.05) is 19.1 Å². The molecule has 0 amide bonds. The predicted octanol–water partition coefficient (Wildman–Crippen LogP) is 2.12. The summed E-state index contributed by atoms with van der Waals surface area (Å²) in [6.45, 7) is 4.40. The molecule has 0 fully saturated rings. The van der Waals surface area contributed by atoms with Crippen LogP contribution in [0.1, 0.15) is 31.3 Å². The van der Waals surface area contributed by atoms with Gasteiger partial charge >= 0.3 is 11.9 Å². The van der Waals surface area contributed by atoms with E-state index in [0.717, 1.165) is 5.56 Å². The van der Waals surface area contributed by atoms with Crippen LogP contribution in [0.15, 0.2) is 24.3 Å². The normalized spacial score (nSPS) is 10.0. The summed E-state index contributed by atoms with van der Waals surface area (Å²) in [4.78, 5) is 21.8. The molecule has 0 saturated heterocycles. The SMILES string of the molecule is CC(=O)OC(OC(C)=O)c1ccccc1C. The van der Waals surface area contributed by atoms with Crippen molar-refractivity contribution in [3.63, 3.8) is 0 Å². The van der Waals surface area contributed by atoms with E-state index in [9.17, 15) is 9.59 Å². The molecule has 0 heterocycles. The lowest BCUT2D eigenvalue weighted by Crippen LogP contribution is -2.15. The van der Waals surface area contributed by atoms with Gasteiger partial charge in [-0.25, -0.2) is 0 Å². The topological polar surface area (TPSA) is 52.6 Å². The molecule has 0 aliphatic carbocycles. The minimum absolute atomic E-state index is 0.491. The molecule has 0 atom stereocenters. The van der Waals surface area contributed by atoms with Gasteiger partial charge in [0.2, 0.25) is 0 Å². The van der Waals surface area contributed by atoms with Gasteiger partial charge in [0.15, 0.2) is 0 Å². The molecule has 0 aromatic heterocycles. The molecule has 86 valence electrons. The third-order valence-electron chi connectivity index (χ3n) is 1.99. The van der Waals surface area contributed by atoms with Crippen molar-refractivity contribution in [1.29, 1.82) is 0 Å². The lowest BCUT2D eigenvalue weighted by Gasteiger charge is -2.18. The fourth-order valence-corrected chi connectivity index (χ4v) is 1.30. The minimum atomic E-state index is -0.962. The quantitative estimate of drug-likeness (QED) is 0.580. The van der Waals surface area contributed by atoms with Crippen molar-refractivity contribution in [1.82, 2.24) is 0 Å². The number of rotatable bonds is 3. The number of hydrogen-bond donors (Lipinski definition) is 0. The molecule has 1 rings (SSSR count). The highest BCUT2D eigenvalue weighted by atomic mass is 16.7. The molecule has 0 unspecified atom stereocenters. The number of ether oxygens (including phenoxy) is 2. The lowest BCUT2D eigenvalue weighted by molar-refractivity contribution is -0.186. The van der Waals surface area contributed by atoms with Gasteiger partial charge in [-0.2, -0.15) is 0 Å². The molecule has 0 bridgehead atoms. The van der Waals surface area contributed by atoms with Gasteiger partial charge < -0.3 is 9.47 Å². The minimum Gasteiger partial charge on any atom is -0.421 e. The van der Waals surface area contributed by atoms with Gasteiger partial charge in [0.1, 0.15) is 0 Å². The third kappa shape index (κ3) is 3.38. The van der Waals surface area contributed by atoms with E-state index in [4.69, 9.17) is 9.47 Å². The Balaban J connectivity index is 2.96. The molecule has 4 nitrogen and oxygen atoms in total. The summed E-state index contributed by atoms with van der Waals surface area (Å²) in [7, 11) is 0. The van der Waals surface area contributed by atoms with Crippen LogP contribution >= 0.6 is 0 Å². The molecule has 16 heavy (non-hydrogen) atoms. The second-order valence-corrected chi connectivity index (χ2v) is 3.41. The Bertz CT molecular complexity index is 382. The monoisotopic (exact) mass is 222 g/mol. The van der Waals surface area contributed by atoms with Crippen molar-refractivity contribution in [3.05, 3.63) is 35.4 Å². The summed E-state index contributed by atoms with van der Waals surface area (Å²) < 4.78 is 9.89. The fraction of sp³-hybridized carbons (Fsp3) is 0.333. The van der Waals surface area contributed by atoms with E-state index in [-0.39, 0.29) is 0 Å². The molecular formula is C12H14O4. The van der Waals surface area contributed by atoms with Crippen LogP contribution in [0.5, 0.6) is 0 Å². The molecule has 0 saturated carbocycles. The number of benzene rings is 1. The van der Waals surface area contributed by atoms with Gasteiger partial charge in [0, 0.05) is 19.4 Å². The third-order valence-corrected chi connectivity index (χ3v) is 1.99. The molecule has 0 radical (unpaired) electrons. The Morgan fingerprint density at radius 3 is 2.00 bits per heavy atom. The molecule has 1 aromatic carbocycles. The second kappa shape index (κ2) is 5.30.